The van der Waals surface area contributed by atoms with Gasteiger partial charge >= 0.3 is 6.18 Å². The molecule has 0 spiro atoms. The van der Waals surface area contributed by atoms with Gasteiger partial charge in [0.15, 0.2) is 0 Å². The van der Waals surface area contributed by atoms with E-state index in [0.717, 1.165) is 18.9 Å². The molecule has 3 N–H and O–H groups in total. The maximum absolute atomic E-state index is 12.9. The second-order valence-electron chi connectivity index (χ2n) is 4.77. The van der Waals surface area contributed by atoms with E-state index in [9.17, 15) is 18.0 Å². The summed E-state index contributed by atoms with van der Waals surface area (Å²) >= 11 is 0. The number of hydrogen-bond acceptors (Lipinski definition) is 2. The normalized spacial score (nSPS) is 17.2. The number of hydrogen-bond donors (Lipinski definition) is 2. The third-order valence-electron chi connectivity index (χ3n) is 3.17. The zero-order chi connectivity index (χ0) is 14.0. The van der Waals surface area contributed by atoms with Gasteiger partial charge < -0.3 is 11.1 Å². The van der Waals surface area contributed by atoms with Crippen LogP contribution >= 0.6 is 0 Å². The van der Waals surface area contributed by atoms with E-state index < -0.39 is 23.7 Å². The first-order chi connectivity index (χ1) is 8.89. The Morgan fingerprint density at radius 3 is 2.53 bits per heavy atom. The average Bonchev–Trinajstić information content (AvgIpc) is 3.12. The van der Waals surface area contributed by atoms with Crippen LogP contribution in [0, 0.1) is 5.92 Å². The van der Waals surface area contributed by atoms with Gasteiger partial charge in [-0.25, -0.2) is 0 Å². The second-order valence-corrected chi connectivity index (χ2v) is 4.77. The number of alkyl halides is 3. The Bertz CT molecular complexity index is 469. The fraction of sp³-hybridized carbons (Fsp3) is 0.462. The zero-order valence-corrected chi connectivity index (χ0v) is 10.2. The molecule has 1 aliphatic carbocycles. The predicted octanol–water partition coefficient (Wildman–Crippen LogP) is 2.23. The van der Waals surface area contributed by atoms with Crippen molar-refractivity contribution in [2.75, 3.05) is 6.54 Å². The molecule has 104 valence electrons. The Morgan fingerprint density at radius 2 is 2.00 bits per heavy atom. The van der Waals surface area contributed by atoms with Gasteiger partial charge in [0.1, 0.15) is 6.04 Å². The lowest BCUT2D eigenvalue weighted by Crippen LogP contribution is -2.36. The van der Waals surface area contributed by atoms with Crippen molar-refractivity contribution >= 4 is 5.91 Å². The van der Waals surface area contributed by atoms with Crippen molar-refractivity contribution in [3.05, 3.63) is 35.4 Å². The lowest BCUT2D eigenvalue weighted by Gasteiger charge is -2.20. The van der Waals surface area contributed by atoms with Crippen molar-refractivity contribution in [3.8, 4) is 0 Å². The van der Waals surface area contributed by atoms with Crippen LogP contribution in [0.4, 0.5) is 13.2 Å². The van der Waals surface area contributed by atoms with Crippen LogP contribution in [0.25, 0.3) is 0 Å². The SMILES string of the molecule is NC(=O)C(NCC1CC1)c1ccccc1C(F)(F)F. The van der Waals surface area contributed by atoms with E-state index in [-0.39, 0.29) is 5.56 Å². The summed E-state index contributed by atoms with van der Waals surface area (Å²) in [4.78, 5) is 11.4. The number of amides is 1. The molecule has 6 heteroatoms. The van der Waals surface area contributed by atoms with Crippen LogP contribution in [0.5, 0.6) is 0 Å². The van der Waals surface area contributed by atoms with Crippen molar-refractivity contribution in [2.24, 2.45) is 11.7 Å². The summed E-state index contributed by atoms with van der Waals surface area (Å²) < 4.78 is 38.7. The number of nitrogens with one attached hydrogen (secondary N) is 1. The molecule has 1 aromatic rings. The Balaban J connectivity index is 2.27. The molecule has 0 heterocycles. The molecule has 1 amide bonds. The maximum atomic E-state index is 12.9. The van der Waals surface area contributed by atoms with Crippen LogP contribution in [0.3, 0.4) is 0 Å². The third-order valence-corrected chi connectivity index (χ3v) is 3.17. The highest BCUT2D eigenvalue weighted by Crippen LogP contribution is 2.35. The van der Waals surface area contributed by atoms with E-state index in [4.69, 9.17) is 5.73 Å². The highest BCUT2D eigenvalue weighted by molar-refractivity contribution is 5.82. The van der Waals surface area contributed by atoms with Gasteiger partial charge in [0, 0.05) is 0 Å². The van der Waals surface area contributed by atoms with Crippen LogP contribution in [0.1, 0.15) is 30.0 Å². The van der Waals surface area contributed by atoms with Crippen LogP contribution in [0.2, 0.25) is 0 Å². The maximum Gasteiger partial charge on any atom is 0.416 e. The molecular formula is C13H15F3N2O. The molecule has 1 aromatic carbocycles. The predicted molar refractivity (Wildman–Crippen MR) is 64.1 cm³/mol. The number of halogens is 3. The smallest absolute Gasteiger partial charge is 0.368 e. The summed E-state index contributed by atoms with van der Waals surface area (Å²) in [5.41, 5.74) is 4.29. The molecule has 19 heavy (non-hydrogen) atoms. The van der Waals surface area contributed by atoms with Crippen molar-refractivity contribution < 1.29 is 18.0 Å². The fourth-order valence-electron chi connectivity index (χ4n) is 1.98. The Labute approximate surface area is 109 Å². The first-order valence-electron chi connectivity index (χ1n) is 6.08. The highest BCUT2D eigenvalue weighted by atomic mass is 19.4. The lowest BCUT2D eigenvalue weighted by atomic mass is 9.99. The van der Waals surface area contributed by atoms with Crippen LogP contribution in [0.15, 0.2) is 24.3 Å². The van der Waals surface area contributed by atoms with Gasteiger partial charge in [0.05, 0.1) is 5.56 Å². The van der Waals surface area contributed by atoms with E-state index in [1.54, 1.807) is 0 Å². The molecule has 0 aliphatic heterocycles. The summed E-state index contributed by atoms with van der Waals surface area (Å²) in [6.45, 7) is 0.514. The zero-order valence-electron chi connectivity index (χ0n) is 10.2. The summed E-state index contributed by atoms with van der Waals surface area (Å²) in [5, 5.41) is 2.84. The highest BCUT2D eigenvalue weighted by Gasteiger charge is 2.36. The largest absolute Gasteiger partial charge is 0.416 e. The van der Waals surface area contributed by atoms with E-state index in [1.807, 2.05) is 0 Å². The van der Waals surface area contributed by atoms with Crippen molar-refractivity contribution in [3.63, 3.8) is 0 Å². The molecule has 0 bridgehead atoms. The van der Waals surface area contributed by atoms with Crippen molar-refractivity contribution in [1.82, 2.24) is 5.32 Å². The van der Waals surface area contributed by atoms with E-state index >= 15 is 0 Å². The molecule has 2 rings (SSSR count). The summed E-state index contributed by atoms with van der Waals surface area (Å²) in [6.07, 6.45) is -2.41. The molecule has 1 saturated carbocycles. The minimum Gasteiger partial charge on any atom is -0.368 e. The van der Waals surface area contributed by atoms with Crippen LogP contribution in [-0.4, -0.2) is 12.5 Å². The quantitative estimate of drug-likeness (QED) is 0.863. The molecular weight excluding hydrogens is 257 g/mol. The first kappa shape index (κ1) is 13.9. The van der Waals surface area contributed by atoms with E-state index in [2.05, 4.69) is 5.32 Å². The summed E-state index contributed by atoms with van der Waals surface area (Å²) in [6, 6.07) is 3.92. The number of carbonyl (C=O) groups excluding carboxylic acids is 1. The standard InChI is InChI=1S/C13H15F3N2O/c14-13(15,16)10-4-2-1-3-9(10)11(12(17)19)18-7-8-5-6-8/h1-4,8,11,18H,5-7H2,(H2,17,19). The number of primary amides is 1. The van der Waals surface area contributed by atoms with Crippen molar-refractivity contribution in [1.29, 1.82) is 0 Å². The Morgan fingerprint density at radius 1 is 1.37 bits per heavy atom. The average molecular weight is 272 g/mol. The third kappa shape index (κ3) is 3.47. The first-order valence-corrected chi connectivity index (χ1v) is 6.08. The minimum absolute atomic E-state index is 0.108. The summed E-state index contributed by atoms with van der Waals surface area (Å²) in [7, 11) is 0. The number of benzene rings is 1. The molecule has 3 nitrogen and oxygen atoms in total. The molecule has 0 aromatic heterocycles. The number of rotatable bonds is 5. The van der Waals surface area contributed by atoms with Crippen LogP contribution < -0.4 is 11.1 Å². The van der Waals surface area contributed by atoms with Crippen molar-refractivity contribution in [2.45, 2.75) is 25.1 Å². The van der Waals surface area contributed by atoms with E-state index in [1.165, 1.54) is 18.2 Å². The minimum atomic E-state index is -4.49. The fourth-order valence-corrected chi connectivity index (χ4v) is 1.98. The Kier molecular flexibility index (Phi) is 3.80. The number of nitrogens with two attached hydrogens (primary N) is 1. The molecule has 0 saturated heterocycles. The second kappa shape index (κ2) is 5.21. The molecule has 1 unspecified atom stereocenters. The molecule has 1 fully saturated rings. The van der Waals surface area contributed by atoms with Gasteiger partial charge in [0.2, 0.25) is 5.91 Å². The van der Waals surface area contributed by atoms with Gasteiger partial charge in [-0.05, 0) is 36.9 Å². The summed E-state index contributed by atoms with van der Waals surface area (Å²) in [5.74, 6) is -0.350. The Hall–Kier alpha value is -1.56. The van der Waals surface area contributed by atoms with Gasteiger partial charge in [-0.15, -0.1) is 0 Å². The van der Waals surface area contributed by atoms with Gasteiger partial charge in [0.25, 0.3) is 0 Å². The lowest BCUT2D eigenvalue weighted by molar-refractivity contribution is -0.138. The van der Waals surface area contributed by atoms with Crippen LogP contribution in [-0.2, 0) is 11.0 Å². The van der Waals surface area contributed by atoms with Gasteiger partial charge in [-0.1, -0.05) is 18.2 Å². The monoisotopic (exact) mass is 272 g/mol. The molecule has 0 radical (unpaired) electrons. The topological polar surface area (TPSA) is 55.1 Å². The molecule has 1 aliphatic rings. The van der Waals surface area contributed by atoms with Gasteiger partial charge in [-0.3, -0.25) is 4.79 Å². The number of carbonyl (C=O) groups is 1. The molecule has 1 atom stereocenters. The van der Waals surface area contributed by atoms with E-state index in [0.29, 0.717) is 12.5 Å². The van der Waals surface area contributed by atoms with Gasteiger partial charge in [-0.2, -0.15) is 13.2 Å².